The number of hydrogen-bond donors (Lipinski definition) is 1. The summed E-state index contributed by atoms with van der Waals surface area (Å²) in [6.45, 7) is 8.49. The number of rotatable bonds is 2. The van der Waals surface area contributed by atoms with Gasteiger partial charge in [0.25, 0.3) is 0 Å². The Hall–Kier alpha value is -1.10. The molecule has 0 atom stereocenters. The molecule has 0 saturated carbocycles. The van der Waals surface area contributed by atoms with E-state index in [9.17, 15) is 4.79 Å². The summed E-state index contributed by atoms with van der Waals surface area (Å²) in [7, 11) is 0. The molecule has 1 heterocycles. The van der Waals surface area contributed by atoms with Crippen LogP contribution in [0.5, 0.6) is 0 Å². The Kier molecular flexibility index (Phi) is 3.46. The molecule has 0 aromatic carbocycles. The minimum absolute atomic E-state index is 0.142. The molecule has 1 aromatic heterocycles. The molecule has 0 saturated heterocycles. The minimum atomic E-state index is -0.142. The summed E-state index contributed by atoms with van der Waals surface area (Å²) in [6, 6.07) is 0. The average Bonchev–Trinajstić information content (AvgIpc) is 2.39. The molecule has 0 aliphatic heterocycles. The Balaban J connectivity index is 3.14. The molecule has 78 valence electrons. The third kappa shape index (κ3) is 2.23. The molecular weight excluding hydrogens is 198 g/mol. The summed E-state index contributed by atoms with van der Waals surface area (Å²) in [5.74, 6) is -0.142. The number of thiazole rings is 1. The number of aryl methyl sites for hydroxylation is 1. The van der Waals surface area contributed by atoms with Gasteiger partial charge >= 0.3 is 0 Å². The monoisotopic (exact) mass is 213 g/mol. The molecule has 0 aliphatic rings. The average molecular weight is 213 g/mol. The zero-order valence-corrected chi connectivity index (χ0v) is 9.73. The maximum absolute atomic E-state index is 10.7. The lowest BCUT2D eigenvalue weighted by molar-refractivity contribution is -0.119. The number of amides is 1. The summed E-state index contributed by atoms with van der Waals surface area (Å²) in [6.07, 6.45) is 0. The number of nitrogens with one attached hydrogen (secondary N) is 1. The normalized spacial score (nSPS) is 11.9. The highest BCUT2D eigenvalue weighted by atomic mass is 32.1. The van der Waals surface area contributed by atoms with Crippen molar-refractivity contribution in [3.05, 3.63) is 15.4 Å². The first-order chi connectivity index (χ1) is 6.56. The molecule has 0 bridgehead atoms. The number of carbonyl (C=O) groups excluding carboxylic acids is 1. The summed E-state index contributed by atoms with van der Waals surface area (Å²) < 4.78 is 2.08. The van der Waals surface area contributed by atoms with Crippen LogP contribution in [-0.2, 0) is 11.3 Å². The van der Waals surface area contributed by atoms with Gasteiger partial charge in [0.05, 0.1) is 0 Å². The van der Waals surface area contributed by atoms with Crippen molar-refractivity contribution in [2.45, 2.75) is 34.2 Å². The van der Waals surface area contributed by atoms with Crippen LogP contribution >= 0.6 is 11.3 Å². The van der Waals surface area contributed by atoms with E-state index < -0.39 is 0 Å². The zero-order valence-electron chi connectivity index (χ0n) is 8.92. The van der Waals surface area contributed by atoms with Crippen molar-refractivity contribution in [3.63, 3.8) is 0 Å². The van der Waals surface area contributed by atoms with Crippen LogP contribution in [0.3, 0.4) is 0 Å². The van der Waals surface area contributed by atoms with E-state index in [0.29, 0.717) is 0 Å². The fourth-order valence-corrected chi connectivity index (χ4v) is 2.18. The predicted molar refractivity (Wildman–Crippen MR) is 56.8 cm³/mol. The van der Waals surface area contributed by atoms with Crippen LogP contribution < -0.4 is 10.2 Å². The highest BCUT2D eigenvalue weighted by Crippen LogP contribution is 2.08. The zero-order chi connectivity index (χ0) is 10.7. The molecule has 14 heavy (non-hydrogen) atoms. The number of hydrogen-bond acceptors (Lipinski definition) is 3. The molecule has 0 fully saturated rings. The highest BCUT2D eigenvalue weighted by molar-refractivity contribution is 7.09. The largest absolute Gasteiger partial charge is 0.320 e. The van der Waals surface area contributed by atoms with E-state index in [2.05, 4.69) is 35.9 Å². The standard InChI is InChI=1S/C9H15N3OS/c1-5-12-6(2)7(3)14-9(12)11-10-8(4)13/h5H2,1-4H3,(H,10,13)/b11-9+. The second-order valence-corrected chi connectivity index (χ2v) is 4.23. The van der Waals surface area contributed by atoms with Crippen LogP contribution in [0.1, 0.15) is 24.4 Å². The SMILES string of the molecule is CCn1c(C)c(C)s/c1=N/NC(C)=O. The van der Waals surface area contributed by atoms with E-state index in [1.807, 2.05) is 0 Å². The maximum atomic E-state index is 10.7. The van der Waals surface area contributed by atoms with Gasteiger partial charge in [0.2, 0.25) is 10.7 Å². The Morgan fingerprint density at radius 3 is 2.71 bits per heavy atom. The Bertz CT molecular complexity index is 403. The minimum Gasteiger partial charge on any atom is -0.320 e. The molecule has 4 nitrogen and oxygen atoms in total. The van der Waals surface area contributed by atoms with Crippen molar-refractivity contribution >= 4 is 17.2 Å². The number of aromatic nitrogens is 1. The lowest BCUT2D eigenvalue weighted by atomic mass is 10.4. The molecule has 0 unspecified atom stereocenters. The van der Waals surface area contributed by atoms with E-state index in [4.69, 9.17) is 0 Å². The van der Waals surface area contributed by atoms with Crippen molar-refractivity contribution in [1.29, 1.82) is 0 Å². The van der Waals surface area contributed by atoms with Gasteiger partial charge in [-0.05, 0) is 20.8 Å². The van der Waals surface area contributed by atoms with Gasteiger partial charge in [0.15, 0.2) is 0 Å². The first kappa shape index (κ1) is 11.0. The van der Waals surface area contributed by atoms with Gasteiger partial charge in [-0.2, -0.15) is 0 Å². The van der Waals surface area contributed by atoms with E-state index in [1.165, 1.54) is 17.5 Å². The molecule has 0 radical (unpaired) electrons. The fourth-order valence-electron chi connectivity index (χ4n) is 1.18. The second kappa shape index (κ2) is 4.41. The van der Waals surface area contributed by atoms with Crippen molar-refractivity contribution in [2.75, 3.05) is 0 Å². The van der Waals surface area contributed by atoms with Gasteiger partial charge in [-0.3, -0.25) is 4.79 Å². The smallest absolute Gasteiger partial charge is 0.237 e. The van der Waals surface area contributed by atoms with Crippen molar-refractivity contribution in [1.82, 2.24) is 9.99 Å². The molecule has 5 heteroatoms. The molecule has 0 spiro atoms. The molecule has 1 N–H and O–H groups in total. The van der Waals surface area contributed by atoms with Crippen molar-refractivity contribution < 1.29 is 4.79 Å². The third-order valence-electron chi connectivity index (χ3n) is 2.01. The van der Waals surface area contributed by atoms with Crippen molar-refractivity contribution in [2.24, 2.45) is 5.10 Å². The lowest BCUT2D eigenvalue weighted by Gasteiger charge is -2.00. The van der Waals surface area contributed by atoms with Gasteiger partial charge in [-0.15, -0.1) is 16.4 Å². The van der Waals surface area contributed by atoms with Gasteiger partial charge < -0.3 is 4.57 Å². The van der Waals surface area contributed by atoms with Gasteiger partial charge in [-0.25, -0.2) is 5.43 Å². The topological polar surface area (TPSA) is 46.4 Å². The van der Waals surface area contributed by atoms with Crippen LogP contribution in [0, 0.1) is 13.8 Å². The van der Waals surface area contributed by atoms with Gasteiger partial charge in [0, 0.05) is 24.0 Å². The van der Waals surface area contributed by atoms with Crippen LogP contribution in [-0.4, -0.2) is 10.5 Å². The molecule has 1 rings (SSSR count). The van der Waals surface area contributed by atoms with E-state index >= 15 is 0 Å². The first-order valence-electron chi connectivity index (χ1n) is 4.53. The Morgan fingerprint density at radius 2 is 2.21 bits per heavy atom. The van der Waals surface area contributed by atoms with Crippen LogP contribution in [0.25, 0.3) is 0 Å². The summed E-state index contributed by atoms with van der Waals surface area (Å²) in [5.41, 5.74) is 3.66. The Labute approximate surface area is 87.3 Å². The molecular formula is C9H15N3OS. The second-order valence-electron chi connectivity index (χ2n) is 3.05. The molecule has 1 aromatic rings. The van der Waals surface area contributed by atoms with Crippen LogP contribution in [0.4, 0.5) is 0 Å². The van der Waals surface area contributed by atoms with Crippen molar-refractivity contribution in [3.8, 4) is 0 Å². The van der Waals surface area contributed by atoms with Crippen LogP contribution in [0.2, 0.25) is 0 Å². The third-order valence-corrected chi connectivity index (χ3v) is 3.11. The maximum Gasteiger partial charge on any atom is 0.237 e. The quantitative estimate of drug-likeness (QED) is 0.736. The van der Waals surface area contributed by atoms with Crippen LogP contribution in [0.15, 0.2) is 5.10 Å². The van der Waals surface area contributed by atoms with E-state index in [0.717, 1.165) is 11.3 Å². The lowest BCUT2D eigenvalue weighted by Crippen LogP contribution is -2.22. The number of carbonyl (C=O) groups is 1. The molecule has 0 aliphatic carbocycles. The molecule has 1 amide bonds. The highest BCUT2D eigenvalue weighted by Gasteiger charge is 2.03. The number of nitrogens with zero attached hydrogens (tertiary/aromatic N) is 2. The fraction of sp³-hybridized carbons (Fsp3) is 0.556. The Morgan fingerprint density at radius 1 is 1.57 bits per heavy atom. The van der Waals surface area contributed by atoms with Gasteiger partial charge in [-0.1, -0.05) is 0 Å². The van der Waals surface area contributed by atoms with E-state index in [1.54, 1.807) is 11.3 Å². The summed E-state index contributed by atoms with van der Waals surface area (Å²) in [4.78, 5) is 12.8. The summed E-state index contributed by atoms with van der Waals surface area (Å²) >= 11 is 1.59. The summed E-state index contributed by atoms with van der Waals surface area (Å²) in [5, 5.41) is 4.04. The van der Waals surface area contributed by atoms with E-state index in [-0.39, 0.29) is 5.91 Å². The van der Waals surface area contributed by atoms with Gasteiger partial charge in [0.1, 0.15) is 0 Å². The predicted octanol–water partition coefficient (Wildman–Crippen LogP) is 1.14. The first-order valence-corrected chi connectivity index (χ1v) is 5.35.